The number of hydrogen-bond acceptors (Lipinski definition) is 5. The first kappa shape index (κ1) is 22.7. The van der Waals surface area contributed by atoms with Gasteiger partial charge >= 0.3 is 0 Å². The van der Waals surface area contributed by atoms with Crippen LogP contribution in [0.2, 0.25) is 0 Å². The van der Waals surface area contributed by atoms with Crippen LogP contribution < -0.4 is 20.4 Å². The summed E-state index contributed by atoms with van der Waals surface area (Å²) in [5, 5.41) is 9.87. The molecule has 2 N–H and O–H groups in total. The number of piperidine rings is 1. The van der Waals surface area contributed by atoms with Gasteiger partial charge < -0.3 is 20.4 Å². The summed E-state index contributed by atoms with van der Waals surface area (Å²) in [7, 11) is 5.75. The lowest BCUT2D eigenvalue weighted by Gasteiger charge is -2.35. The Labute approximate surface area is 187 Å². The first-order chi connectivity index (χ1) is 13.0. The van der Waals surface area contributed by atoms with Gasteiger partial charge in [0.25, 0.3) is 0 Å². The highest BCUT2D eigenvalue weighted by Gasteiger charge is 2.21. The molecule has 0 saturated carbocycles. The van der Waals surface area contributed by atoms with Crippen molar-refractivity contribution in [2.45, 2.75) is 25.4 Å². The van der Waals surface area contributed by atoms with Crippen LogP contribution in [0.25, 0.3) is 0 Å². The summed E-state index contributed by atoms with van der Waals surface area (Å²) in [4.78, 5) is 13.1. The summed E-state index contributed by atoms with van der Waals surface area (Å²) in [6, 6.07) is 7.07. The number of hydrogen-bond donors (Lipinski definition) is 2. The number of nitrogens with zero attached hydrogens (tertiary/aromatic N) is 4. The van der Waals surface area contributed by atoms with Gasteiger partial charge in [-0.15, -0.1) is 35.3 Å². The van der Waals surface area contributed by atoms with E-state index in [1.54, 1.807) is 30.5 Å². The third kappa shape index (κ3) is 6.20. The largest absolute Gasteiger partial charge is 0.369 e. The Bertz CT molecular complexity index is 781. The van der Waals surface area contributed by atoms with Gasteiger partial charge in [-0.3, -0.25) is 4.99 Å². The van der Waals surface area contributed by atoms with Crippen LogP contribution in [0, 0.1) is 5.82 Å². The highest BCUT2D eigenvalue weighted by atomic mass is 127. The smallest absolute Gasteiger partial charge is 0.191 e. The first-order valence-electron chi connectivity index (χ1n) is 9.14. The molecule has 0 amide bonds. The second-order valence-electron chi connectivity index (χ2n) is 6.85. The van der Waals surface area contributed by atoms with Crippen LogP contribution in [0.4, 0.5) is 15.2 Å². The van der Waals surface area contributed by atoms with Crippen molar-refractivity contribution >= 4 is 52.1 Å². The third-order valence-electron chi connectivity index (χ3n) is 4.52. The minimum absolute atomic E-state index is 0. The molecule has 28 heavy (non-hydrogen) atoms. The molecule has 6 nitrogen and oxygen atoms in total. The number of anilines is 2. The van der Waals surface area contributed by atoms with Crippen molar-refractivity contribution in [2.75, 3.05) is 44.0 Å². The number of guanidine groups is 1. The van der Waals surface area contributed by atoms with Gasteiger partial charge in [0.05, 0.1) is 12.2 Å². The van der Waals surface area contributed by atoms with Crippen LogP contribution in [-0.4, -0.2) is 51.2 Å². The lowest BCUT2D eigenvalue weighted by molar-refractivity contribution is 0.467. The zero-order valence-electron chi connectivity index (χ0n) is 16.5. The van der Waals surface area contributed by atoms with E-state index in [0.717, 1.165) is 48.4 Å². The second kappa shape index (κ2) is 10.8. The summed E-state index contributed by atoms with van der Waals surface area (Å²) >= 11 is 1.63. The third-order valence-corrected chi connectivity index (χ3v) is 5.58. The maximum absolute atomic E-state index is 13.5. The average molecular weight is 518 g/mol. The fourth-order valence-electron chi connectivity index (χ4n) is 3.15. The van der Waals surface area contributed by atoms with Crippen LogP contribution in [0.1, 0.15) is 18.5 Å². The fourth-order valence-corrected chi connectivity index (χ4v) is 3.91. The van der Waals surface area contributed by atoms with E-state index in [4.69, 9.17) is 0 Å². The molecule has 0 spiro atoms. The van der Waals surface area contributed by atoms with Gasteiger partial charge in [0.2, 0.25) is 0 Å². The monoisotopic (exact) mass is 518 g/mol. The minimum atomic E-state index is -0.194. The quantitative estimate of drug-likeness (QED) is 0.362. The van der Waals surface area contributed by atoms with Crippen LogP contribution in [0.15, 0.2) is 34.6 Å². The van der Waals surface area contributed by atoms with Gasteiger partial charge in [-0.25, -0.2) is 9.37 Å². The number of aliphatic imine (C=N–C) groups is 1. The summed E-state index contributed by atoms with van der Waals surface area (Å²) in [6.45, 7) is 2.40. The number of benzene rings is 1. The molecule has 1 aromatic heterocycles. The van der Waals surface area contributed by atoms with Crippen molar-refractivity contribution < 1.29 is 4.39 Å². The van der Waals surface area contributed by atoms with E-state index in [0.29, 0.717) is 6.54 Å². The Kier molecular flexibility index (Phi) is 8.74. The molecular weight excluding hydrogens is 490 g/mol. The molecule has 2 aromatic rings. The number of aromatic nitrogens is 1. The van der Waals surface area contributed by atoms with Gasteiger partial charge in [0.1, 0.15) is 5.82 Å². The Hall–Kier alpha value is -1.62. The van der Waals surface area contributed by atoms with Crippen LogP contribution in [0.3, 0.4) is 0 Å². The van der Waals surface area contributed by atoms with E-state index in [-0.39, 0.29) is 35.8 Å². The van der Waals surface area contributed by atoms with Crippen molar-refractivity contribution in [3.8, 4) is 0 Å². The standard InChI is InChI=1S/C19H27FN6S.HI/c1-21-18(22-11-16-13-27-19(24-16)25(2)3)23-15-7-5-9-26(12-15)17-8-4-6-14(20)10-17;/h4,6,8,10,13,15H,5,7,9,11-12H2,1-3H3,(H2,21,22,23);1H. The maximum atomic E-state index is 13.5. The molecule has 1 unspecified atom stereocenters. The summed E-state index contributed by atoms with van der Waals surface area (Å²) in [5.41, 5.74) is 1.93. The van der Waals surface area contributed by atoms with Gasteiger partial charge in [-0.1, -0.05) is 6.07 Å². The topological polar surface area (TPSA) is 55.8 Å². The summed E-state index contributed by atoms with van der Waals surface area (Å²) in [6.07, 6.45) is 2.12. The van der Waals surface area contributed by atoms with Crippen molar-refractivity contribution in [1.82, 2.24) is 15.6 Å². The molecule has 0 radical (unpaired) electrons. The predicted molar refractivity (Wildman–Crippen MR) is 127 cm³/mol. The number of thiazole rings is 1. The van der Waals surface area contributed by atoms with E-state index in [2.05, 4.69) is 30.9 Å². The number of rotatable bonds is 5. The van der Waals surface area contributed by atoms with E-state index in [9.17, 15) is 4.39 Å². The molecule has 1 aliphatic rings. The van der Waals surface area contributed by atoms with E-state index in [1.807, 2.05) is 25.1 Å². The van der Waals surface area contributed by atoms with Crippen molar-refractivity contribution in [3.05, 3.63) is 41.2 Å². The molecule has 0 aliphatic carbocycles. The van der Waals surface area contributed by atoms with Gasteiger partial charge in [-0.2, -0.15) is 0 Å². The van der Waals surface area contributed by atoms with E-state index in [1.165, 1.54) is 6.07 Å². The normalized spacial score (nSPS) is 17.1. The minimum Gasteiger partial charge on any atom is -0.369 e. The van der Waals surface area contributed by atoms with Gasteiger partial charge in [-0.05, 0) is 31.0 Å². The molecule has 1 saturated heterocycles. The summed E-state index contributed by atoms with van der Waals surface area (Å²) < 4.78 is 13.5. The van der Waals surface area contributed by atoms with Crippen LogP contribution in [0.5, 0.6) is 0 Å². The highest BCUT2D eigenvalue weighted by Crippen LogP contribution is 2.21. The van der Waals surface area contributed by atoms with Crippen LogP contribution in [-0.2, 0) is 6.54 Å². The first-order valence-corrected chi connectivity index (χ1v) is 10.0. The SMILES string of the molecule is CN=C(NCc1csc(N(C)C)n1)NC1CCCN(c2cccc(F)c2)C1.I. The molecule has 154 valence electrons. The highest BCUT2D eigenvalue weighted by molar-refractivity contribution is 14.0. The average Bonchev–Trinajstić information content (AvgIpc) is 3.15. The van der Waals surface area contributed by atoms with Crippen molar-refractivity contribution in [2.24, 2.45) is 4.99 Å². The molecule has 1 fully saturated rings. The van der Waals surface area contributed by atoms with E-state index >= 15 is 0 Å². The molecule has 9 heteroatoms. The molecule has 3 rings (SSSR count). The lowest BCUT2D eigenvalue weighted by Crippen LogP contribution is -2.51. The zero-order valence-corrected chi connectivity index (χ0v) is 19.6. The number of halogens is 2. The predicted octanol–water partition coefficient (Wildman–Crippen LogP) is 3.30. The fraction of sp³-hybridized carbons (Fsp3) is 0.474. The molecular formula is C19H28FIN6S. The summed E-state index contributed by atoms with van der Waals surface area (Å²) in [5.74, 6) is 0.570. The second-order valence-corrected chi connectivity index (χ2v) is 7.69. The lowest BCUT2D eigenvalue weighted by atomic mass is 10.0. The Balaban J connectivity index is 0.00000280. The van der Waals surface area contributed by atoms with E-state index < -0.39 is 0 Å². The van der Waals surface area contributed by atoms with Gasteiger partial charge in [0.15, 0.2) is 11.1 Å². The molecule has 1 atom stereocenters. The molecule has 1 aromatic carbocycles. The Morgan fingerprint density at radius 3 is 2.93 bits per heavy atom. The van der Waals surface area contributed by atoms with Crippen molar-refractivity contribution in [3.63, 3.8) is 0 Å². The van der Waals surface area contributed by atoms with Crippen LogP contribution >= 0.6 is 35.3 Å². The number of nitrogens with one attached hydrogen (secondary N) is 2. The zero-order chi connectivity index (χ0) is 19.2. The molecule has 1 aliphatic heterocycles. The molecule has 0 bridgehead atoms. The maximum Gasteiger partial charge on any atom is 0.191 e. The Morgan fingerprint density at radius 2 is 2.25 bits per heavy atom. The van der Waals surface area contributed by atoms with Gasteiger partial charge in [0, 0.05) is 51.3 Å². The van der Waals surface area contributed by atoms with Crippen molar-refractivity contribution in [1.29, 1.82) is 0 Å². The molecule has 2 heterocycles. The Morgan fingerprint density at radius 1 is 1.43 bits per heavy atom.